The van der Waals surface area contributed by atoms with Gasteiger partial charge < -0.3 is 9.47 Å². The summed E-state index contributed by atoms with van der Waals surface area (Å²) in [6.45, 7) is 4.09. The zero-order valence-electron chi connectivity index (χ0n) is 16.0. The van der Waals surface area contributed by atoms with Crippen molar-refractivity contribution in [1.29, 1.82) is 0 Å². The Morgan fingerprint density at radius 1 is 1.14 bits per heavy atom. The second-order valence-electron chi connectivity index (χ2n) is 7.27. The third-order valence-electron chi connectivity index (χ3n) is 5.67. The van der Waals surface area contributed by atoms with Gasteiger partial charge in [-0.3, -0.25) is 0 Å². The largest absolute Gasteiger partial charge is 0.356 e. The van der Waals surface area contributed by atoms with E-state index in [1.807, 2.05) is 7.05 Å². The van der Waals surface area contributed by atoms with Crippen LogP contribution in [0.4, 0.5) is 5.82 Å². The third kappa shape index (κ3) is 2.70. The lowest BCUT2D eigenvalue weighted by Crippen LogP contribution is -2.35. The van der Waals surface area contributed by atoms with Crippen LogP contribution in [-0.4, -0.2) is 42.4 Å². The van der Waals surface area contributed by atoms with Crippen molar-refractivity contribution in [2.24, 2.45) is 7.05 Å². The molecule has 0 aliphatic carbocycles. The Labute approximate surface area is 171 Å². The second kappa shape index (κ2) is 6.84. The predicted octanol–water partition coefficient (Wildman–Crippen LogP) is 3.88. The van der Waals surface area contributed by atoms with Gasteiger partial charge in [0.1, 0.15) is 22.6 Å². The highest BCUT2D eigenvalue weighted by Crippen LogP contribution is 2.34. The first-order valence-corrected chi connectivity index (χ1v) is 10.5. The Morgan fingerprint density at radius 2 is 1.93 bits per heavy atom. The van der Waals surface area contributed by atoms with Crippen molar-refractivity contribution in [2.45, 2.75) is 32.2 Å². The van der Waals surface area contributed by atoms with Gasteiger partial charge in [-0.1, -0.05) is 19.1 Å². The lowest BCUT2D eigenvalue weighted by atomic mass is 10.0. The molecule has 0 spiro atoms. The van der Waals surface area contributed by atoms with Crippen LogP contribution in [0.25, 0.3) is 22.1 Å². The number of aromatic nitrogens is 6. The van der Waals surface area contributed by atoms with E-state index in [-0.39, 0.29) is 0 Å². The minimum Gasteiger partial charge on any atom is -0.356 e. The van der Waals surface area contributed by atoms with Crippen molar-refractivity contribution >= 4 is 43.8 Å². The maximum absolute atomic E-state index is 4.85. The number of fused-ring (bicyclic) bond motifs is 2. The van der Waals surface area contributed by atoms with E-state index in [0.29, 0.717) is 6.04 Å². The number of anilines is 1. The van der Waals surface area contributed by atoms with Gasteiger partial charge in [0.2, 0.25) is 0 Å². The van der Waals surface area contributed by atoms with Crippen molar-refractivity contribution in [1.82, 2.24) is 29.3 Å². The van der Waals surface area contributed by atoms with Gasteiger partial charge in [-0.05, 0) is 40.9 Å². The lowest BCUT2D eigenvalue weighted by molar-refractivity contribution is 0.394. The molecule has 1 aliphatic heterocycles. The molecule has 5 rings (SSSR count). The number of hydrogen-bond donors (Lipinski definition) is 0. The molecule has 8 heteroatoms. The Kier molecular flexibility index (Phi) is 4.30. The highest BCUT2D eigenvalue weighted by molar-refractivity contribution is 9.10. The van der Waals surface area contributed by atoms with Gasteiger partial charge in [0.25, 0.3) is 0 Å². The molecule has 0 radical (unpaired) electrons. The zero-order valence-corrected chi connectivity index (χ0v) is 17.6. The monoisotopic (exact) mass is 439 g/mol. The number of rotatable bonds is 3. The maximum Gasteiger partial charge on any atom is 0.164 e. The lowest BCUT2D eigenvalue weighted by Gasteiger charge is -2.34. The van der Waals surface area contributed by atoms with Gasteiger partial charge in [0.15, 0.2) is 5.65 Å². The molecule has 0 unspecified atom stereocenters. The molecule has 1 fully saturated rings. The van der Waals surface area contributed by atoms with Gasteiger partial charge in [0.05, 0.1) is 16.4 Å². The molecule has 7 nitrogen and oxygen atoms in total. The first kappa shape index (κ1) is 17.6. The number of benzene rings is 1. The van der Waals surface area contributed by atoms with E-state index in [1.165, 1.54) is 11.3 Å². The standard InChI is InChI=1S/C20H22BrN7/c1-3-16-24-14-6-4-5-7-15(14)28(16)13-8-10-27(11-9-13)20-17-18(21)25-26(2)19(17)22-12-23-20/h4-7,12-13H,3,8-11H2,1-2H3. The van der Waals surface area contributed by atoms with Crippen LogP contribution in [-0.2, 0) is 13.5 Å². The molecule has 1 saturated heterocycles. The van der Waals surface area contributed by atoms with Gasteiger partial charge in [0, 0.05) is 32.6 Å². The van der Waals surface area contributed by atoms with Crippen molar-refractivity contribution in [3.05, 3.63) is 41.0 Å². The van der Waals surface area contributed by atoms with Gasteiger partial charge in [-0.25, -0.2) is 19.6 Å². The molecule has 4 aromatic rings. The Morgan fingerprint density at radius 3 is 2.71 bits per heavy atom. The van der Waals surface area contributed by atoms with Crippen LogP contribution < -0.4 is 4.90 Å². The van der Waals surface area contributed by atoms with Crippen LogP contribution >= 0.6 is 15.9 Å². The summed E-state index contributed by atoms with van der Waals surface area (Å²) in [6, 6.07) is 8.93. The van der Waals surface area contributed by atoms with Crippen LogP contribution in [0.15, 0.2) is 35.2 Å². The van der Waals surface area contributed by atoms with Crippen LogP contribution in [0.1, 0.15) is 31.6 Å². The molecule has 0 atom stereocenters. The number of para-hydroxylation sites is 2. The molecule has 3 aromatic heterocycles. The number of halogens is 1. The quantitative estimate of drug-likeness (QED) is 0.484. The fourth-order valence-corrected chi connectivity index (χ4v) is 4.95. The van der Waals surface area contributed by atoms with E-state index in [9.17, 15) is 0 Å². The average molecular weight is 440 g/mol. The summed E-state index contributed by atoms with van der Waals surface area (Å²) in [5.74, 6) is 2.15. The number of nitrogens with zero attached hydrogens (tertiary/aromatic N) is 7. The zero-order chi connectivity index (χ0) is 19.3. The summed E-state index contributed by atoms with van der Waals surface area (Å²) in [6.07, 6.45) is 4.72. The molecule has 1 aromatic carbocycles. The highest BCUT2D eigenvalue weighted by atomic mass is 79.9. The Hall–Kier alpha value is -2.48. The summed E-state index contributed by atoms with van der Waals surface area (Å²) in [7, 11) is 1.91. The molecule has 0 bridgehead atoms. The van der Waals surface area contributed by atoms with Crippen LogP contribution in [0.3, 0.4) is 0 Å². The first-order chi connectivity index (χ1) is 13.7. The minimum atomic E-state index is 0.466. The van der Waals surface area contributed by atoms with Crippen LogP contribution in [0.2, 0.25) is 0 Å². The number of hydrogen-bond acceptors (Lipinski definition) is 5. The highest BCUT2D eigenvalue weighted by Gasteiger charge is 2.26. The number of aryl methyl sites for hydroxylation is 2. The molecule has 144 valence electrons. The normalized spacial score (nSPS) is 15.8. The fourth-order valence-electron chi connectivity index (χ4n) is 4.35. The summed E-state index contributed by atoms with van der Waals surface area (Å²) in [5, 5.41) is 5.44. The summed E-state index contributed by atoms with van der Waals surface area (Å²) >= 11 is 3.57. The number of piperidine rings is 1. The fraction of sp³-hybridized carbons (Fsp3) is 0.400. The van der Waals surface area contributed by atoms with Crippen LogP contribution in [0.5, 0.6) is 0 Å². The van der Waals surface area contributed by atoms with Crippen molar-refractivity contribution in [2.75, 3.05) is 18.0 Å². The van der Waals surface area contributed by atoms with Crippen molar-refractivity contribution in [3.8, 4) is 0 Å². The molecule has 4 heterocycles. The first-order valence-electron chi connectivity index (χ1n) is 9.71. The molecular formula is C20H22BrN7. The summed E-state index contributed by atoms with van der Waals surface area (Å²) in [4.78, 5) is 16.2. The van der Waals surface area contributed by atoms with E-state index in [2.05, 4.69) is 71.7 Å². The SMILES string of the molecule is CCc1nc2ccccc2n1C1CCN(c2ncnc3c2c(Br)nn3C)CC1. The smallest absolute Gasteiger partial charge is 0.164 e. The average Bonchev–Trinajstić information content (AvgIpc) is 3.25. The van der Waals surface area contributed by atoms with E-state index in [4.69, 9.17) is 4.98 Å². The third-order valence-corrected chi connectivity index (χ3v) is 6.23. The van der Waals surface area contributed by atoms with Crippen LogP contribution in [0, 0.1) is 0 Å². The van der Waals surface area contributed by atoms with Gasteiger partial charge in [-0.2, -0.15) is 5.10 Å². The van der Waals surface area contributed by atoms with E-state index in [1.54, 1.807) is 11.0 Å². The van der Waals surface area contributed by atoms with E-state index < -0.39 is 0 Å². The Balaban J connectivity index is 1.45. The predicted molar refractivity (Wildman–Crippen MR) is 114 cm³/mol. The molecule has 0 saturated carbocycles. The topological polar surface area (TPSA) is 64.7 Å². The summed E-state index contributed by atoms with van der Waals surface area (Å²) in [5.41, 5.74) is 3.20. The molecule has 0 N–H and O–H groups in total. The van der Waals surface area contributed by atoms with E-state index in [0.717, 1.165) is 59.3 Å². The van der Waals surface area contributed by atoms with Crippen molar-refractivity contribution in [3.63, 3.8) is 0 Å². The van der Waals surface area contributed by atoms with E-state index >= 15 is 0 Å². The molecule has 28 heavy (non-hydrogen) atoms. The Bertz CT molecular complexity index is 1150. The van der Waals surface area contributed by atoms with Crippen molar-refractivity contribution < 1.29 is 0 Å². The van der Waals surface area contributed by atoms with Gasteiger partial charge >= 0.3 is 0 Å². The molecule has 0 amide bonds. The molecular weight excluding hydrogens is 418 g/mol. The maximum atomic E-state index is 4.85. The molecule has 1 aliphatic rings. The minimum absolute atomic E-state index is 0.466. The second-order valence-corrected chi connectivity index (χ2v) is 8.02. The summed E-state index contributed by atoms with van der Waals surface area (Å²) < 4.78 is 5.06. The van der Waals surface area contributed by atoms with Gasteiger partial charge in [-0.15, -0.1) is 0 Å². The number of imidazole rings is 1.